The molecule has 0 aromatic heterocycles. The molecule has 0 aliphatic rings. The monoisotopic (exact) mass is 159 g/mol. The Morgan fingerprint density at radius 3 is 2.91 bits per heavy atom. The topological polar surface area (TPSA) is 47.9 Å². The molecule has 0 radical (unpaired) electrons. The predicted molar refractivity (Wildman–Crippen MR) is 41.4 cm³/mol. The molecule has 0 aromatic carbocycles. The minimum Gasteiger partial charge on any atom is -0.479 e. The second-order valence-electron chi connectivity index (χ2n) is 1.83. The van der Waals surface area contributed by atoms with Gasteiger partial charge in [0.25, 0.3) is 0 Å². The van der Waals surface area contributed by atoms with E-state index in [4.69, 9.17) is 9.57 Å². The molecule has 0 bridgehead atoms. The van der Waals surface area contributed by atoms with Crippen molar-refractivity contribution in [1.29, 1.82) is 0 Å². The second-order valence-corrected chi connectivity index (χ2v) is 1.83. The molecule has 0 fully saturated rings. The van der Waals surface area contributed by atoms with E-state index in [0.717, 1.165) is 6.29 Å². The van der Waals surface area contributed by atoms with Crippen LogP contribution in [0.4, 0.5) is 0 Å². The zero-order valence-electron chi connectivity index (χ0n) is 6.87. The zero-order chi connectivity index (χ0) is 8.53. The minimum atomic E-state index is 0.313. The maximum atomic E-state index is 9.82. The molecule has 0 heterocycles. The molecule has 0 saturated heterocycles. The Bertz CT molecular complexity index is 134. The van der Waals surface area contributed by atoms with Crippen molar-refractivity contribution < 1.29 is 14.4 Å². The molecule has 0 rings (SSSR count). The van der Waals surface area contributed by atoms with Crippen molar-refractivity contribution in [2.75, 3.05) is 13.2 Å². The number of nitrogens with zero attached hydrogens (tertiary/aromatic N) is 1. The lowest BCUT2D eigenvalue weighted by Gasteiger charge is -2.00. The Labute approximate surface area is 66.2 Å². The normalized spacial score (nSPS) is 10.9. The molecule has 0 unspecified atom stereocenters. The van der Waals surface area contributed by atoms with Crippen LogP contribution in [0.2, 0.25) is 0 Å². The predicted octanol–water partition coefficient (Wildman–Crippen LogP) is 0.962. The van der Waals surface area contributed by atoms with E-state index in [9.17, 15) is 4.79 Å². The number of aldehydes is 1. The number of carbonyl (C=O) groups is 1. The van der Waals surface area contributed by atoms with Crippen LogP contribution in [0.25, 0.3) is 0 Å². The van der Waals surface area contributed by atoms with Crippen molar-refractivity contribution in [3.63, 3.8) is 0 Å². The number of hydrogen-bond donors (Lipinski definition) is 0. The first-order valence-electron chi connectivity index (χ1n) is 3.54. The van der Waals surface area contributed by atoms with Crippen molar-refractivity contribution in [2.24, 2.45) is 5.16 Å². The van der Waals surface area contributed by atoms with Gasteiger partial charge in [-0.2, -0.15) is 0 Å². The number of hydrogen-bond acceptors (Lipinski definition) is 4. The van der Waals surface area contributed by atoms with Gasteiger partial charge in [0.2, 0.25) is 5.90 Å². The molecule has 0 amide bonds. The molecule has 0 saturated carbocycles. The molecule has 0 spiro atoms. The van der Waals surface area contributed by atoms with Gasteiger partial charge >= 0.3 is 0 Å². The Morgan fingerprint density at radius 2 is 2.36 bits per heavy atom. The summed E-state index contributed by atoms with van der Waals surface area (Å²) in [6.45, 7) is 4.45. The van der Waals surface area contributed by atoms with E-state index in [0.29, 0.717) is 25.5 Å². The van der Waals surface area contributed by atoms with Gasteiger partial charge < -0.3 is 14.4 Å². The summed E-state index contributed by atoms with van der Waals surface area (Å²) in [5, 5.41) is 3.59. The van der Waals surface area contributed by atoms with Gasteiger partial charge in [0.1, 0.15) is 12.9 Å². The lowest BCUT2D eigenvalue weighted by molar-refractivity contribution is -0.108. The van der Waals surface area contributed by atoms with Crippen LogP contribution in [-0.4, -0.2) is 25.4 Å². The van der Waals surface area contributed by atoms with E-state index in [1.165, 1.54) is 0 Å². The summed E-state index contributed by atoms with van der Waals surface area (Å²) in [4.78, 5) is 14.5. The lowest BCUT2D eigenvalue weighted by atomic mass is 10.5. The van der Waals surface area contributed by atoms with Crippen molar-refractivity contribution in [1.82, 2.24) is 0 Å². The van der Waals surface area contributed by atoms with Gasteiger partial charge in [0.15, 0.2) is 0 Å². The fourth-order valence-electron chi connectivity index (χ4n) is 0.473. The number of oxime groups is 1. The quantitative estimate of drug-likeness (QED) is 0.197. The number of carbonyl (C=O) groups excluding carboxylic acids is 1. The van der Waals surface area contributed by atoms with Crippen molar-refractivity contribution >= 4 is 12.2 Å². The van der Waals surface area contributed by atoms with Gasteiger partial charge in [-0.25, -0.2) is 0 Å². The summed E-state index contributed by atoms with van der Waals surface area (Å²) in [5.41, 5.74) is 0. The van der Waals surface area contributed by atoms with Gasteiger partial charge in [0.05, 0.1) is 6.61 Å². The molecule has 4 heteroatoms. The third kappa shape index (κ3) is 6.83. The summed E-state index contributed by atoms with van der Waals surface area (Å²) >= 11 is 0. The van der Waals surface area contributed by atoms with Crippen molar-refractivity contribution in [3.8, 4) is 0 Å². The second kappa shape index (κ2) is 7.05. The minimum absolute atomic E-state index is 0.313. The highest BCUT2D eigenvalue weighted by Gasteiger charge is 1.88. The highest BCUT2D eigenvalue weighted by atomic mass is 16.6. The standard InChI is InChI=1S/C7H13NO3/c1-3-10-7(2)8-11-6-4-5-9/h5H,3-4,6H2,1-2H3. The van der Waals surface area contributed by atoms with Crippen molar-refractivity contribution in [3.05, 3.63) is 0 Å². The maximum absolute atomic E-state index is 9.82. The summed E-state index contributed by atoms with van der Waals surface area (Å²) in [7, 11) is 0. The smallest absolute Gasteiger partial charge is 0.222 e. The first-order chi connectivity index (χ1) is 5.31. The van der Waals surface area contributed by atoms with Crippen LogP contribution in [0.5, 0.6) is 0 Å². The largest absolute Gasteiger partial charge is 0.479 e. The lowest BCUT2D eigenvalue weighted by Crippen LogP contribution is -2.00. The summed E-state index contributed by atoms with van der Waals surface area (Å²) in [6, 6.07) is 0. The molecule has 0 atom stereocenters. The Hall–Kier alpha value is -1.06. The molecule has 4 nitrogen and oxygen atoms in total. The Morgan fingerprint density at radius 1 is 1.64 bits per heavy atom. The number of ether oxygens (including phenoxy) is 1. The zero-order valence-corrected chi connectivity index (χ0v) is 6.87. The summed E-state index contributed by atoms with van der Waals surface area (Å²) in [5.74, 6) is 0.485. The first kappa shape index (κ1) is 9.94. The first-order valence-corrected chi connectivity index (χ1v) is 3.54. The molecule has 64 valence electrons. The molecule has 11 heavy (non-hydrogen) atoms. The van der Waals surface area contributed by atoms with E-state index in [2.05, 4.69) is 5.16 Å². The highest BCUT2D eigenvalue weighted by Crippen LogP contribution is 1.84. The molecule has 0 N–H and O–H groups in total. The van der Waals surface area contributed by atoms with E-state index in [1.807, 2.05) is 6.92 Å². The van der Waals surface area contributed by atoms with Gasteiger partial charge in [0, 0.05) is 13.3 Å². The van der Waals surface area contributed by atoms with Gasteiger partial charge in [-0.15, -0.1) is 0 Å². The molecule has 0 aromatic rings. The third-order valence-corrected chi connectivity index (χ3v) is 0.873. The molecule has 0 aliphatic carbocycles. The van der Waals surface area contributed by atoms with E-state index < -0.39 is 0 Å². The fourth-order valence-corrected chi connectivity index (χ4v) is 0.473. The van der Waals surface area contributed by atoms with E-state index in [1.54, 1.807) is 6.92 Å². The average molecular weight is 159 g/mol. The van der Waals surface area contributed by atoms with Crippen LogP contribution in [0.1, 0.15) is 20.3 Å². The Kier molecular flexibility index (Phi) is 6.37. The van der Waals surface area contributed by atoms with Crippen LogP contribution in [0.15, 0.2) is 5.16 Å². The Balaban J connectivity index is 3.31. The van der Waals surface area contributed by atoms with Crippen LogP contribution >= 0.6 is 0 Å². The summed E-state index contributed by atoms with van der Waals surface area (Å²) in [6.07, 6.45) is 1.15. The SMILES string of the molecule is CCOC(C)=NOCCC=O. The van der Waals surface area contributed by atoms with Gasteiger partial charge in [-0.05, 0) is 6.92 Å². The van der Waals surface area contributed by atoms with Crippen LogP contribution in [-0.2, 0) is 14.4 Å². The molecule has 0 aliphatic heterocycles. The van der Waals surface area contributed by atoms with Crippen LogP contribution in [0, 0.1) is 0 Å². The fraction of sp³-hybridized carbons (Fsp3) is 0.714. The third-order valence-electron chi connectivity index (χ3n) is 0.873. The van der Waals surface area contributed by atoms with Crippen LogP contribution in [0.3, 0.4) is 0 Å². The number of rotatable bonds is 5. The van der Waals surface area contributed by atoms with E-state index in [-0.39, 0.29) is 0 Å². The average Bonchev–Trinajstić information content (AvgIpc) is 1.99. The van der Waals surface area contributed by atoms with Gasteiger partial charge in [-0.3, -0.25) is 0 Å². The van der Waals surface area contributed by atoms with Crippen LogP contribution < -0.4 is 0 Å². The molecular weight excluding hydrogens is 146 g/mol. The van der Waals surface area contributed by atoms with Gasteiger partial charge in [-0.1, -0.05) is 5.16 Å². The molecular formula is C7H13NO3. The highest BCUT2D eigenvalue weighted by molar-refractivity contribution is 5.72. The maximum Gasteiger partial charge on any atom is 0.222 e. The van der Waals surface area contributed by atoms with E-state index >= 15 is 0 Å². The summed E-state index contributed by atoms with van der Waals surface area (Å²) < 4.78 is 4.96. The van der Waals surface area contributed by atoms with Crippen molar-refractivity contribution in [2.45, 2.75) is 20.3 Å².